The van der Waals surface area contributed by atoms with Crippen molar-refractivity contribution in [1.82, 2.24) is 9.97 Å². The van der Waals surface area contributed by atoms with Gasteiger partial charge >= 0.3 is 0 Å². The normalized spacial score (nSPS) is 13.2. The van der Waals surface area contributed by atoms with E-state index in [2.05, 4.69) is 38.4 Å². The summed E-state index contributed by atoms with van der Waals surface area (Å²) in [4.78, 5) is 10.8. The number of aromatic nitrogens is 2. The Morgan fingerprint density at radius 1 is 1.32 bits per heavy atom. The van der Waals surface area contributed by atoms with Crippen LogP contribution in [0.4, 0.5) is 23.0 Å². The summed E-state index contributed by atoms with van der Waals surface area (Å²) in [5, 5.41) is 3.25. The van der Waals surface area contributed by atoms with Gasteiger partial charge in [0, 0.05) is 32.5 Å². The van der Waals surface area contributed by atoms with E-state index in [4.69, 9.17) is 10.5 Å². The molecule has 0 saturated carbocycles. The molecular weight excluding hydrogens is 278 g/mol. The highest BCUT2D eigenvalue weighted by Gasteiger charge is 2.23. The molecule has 1 aliphatic heterocycles. The first-order valence-electron chi connectivity index (χ1n) is 7.50. The maximum Gasteiger partial charge on any atom is 0.161 e. The number of nitrogens with zero attached hydrogens (tertiary/aromatic N) is 3. The second-order valence-electron chi connectivity index (χ2n) is 5.26. The van der Waals surface area contributed by atoms with E-state index in [-0.39, 0.29) is 0 Å². The molecular formula is C16H21N5O. The molecule has 3 rings (SSSR count). The number of anilines is 4. The number of hydrogen-bond acceptors (Lipinski definition) is 6. The molecule has 22 heavy (non-hydrogen) atoms. The summed E-state index contributed by atoms with van der Waals surface area (Å²) in [5.74, 6) is 1.46. The molecule has 0 fully saturated rings. The summed E-state index contributed by atoms with van der Waals surface area (Å²) in [6.45, 7) is 2.37. The number of benzene rings is 1. The van der Waals surface area contributed by atoms with Crippen LogP contribution in [0.1, 0.15) is 12.0 Å². The molecule has 2 heterocycles. The van der Waals surface area contributed by atoms with Crippen molar-refractivity contribution in [1.29, 1.82) is 0 Å². The van der Waals surface area contributed by atoms with Gasteiger partial charge in [0.2, 0.25) is 0 Å². The van der Waals surface area contributed by atoms with E-state index >= 15 is 0 Å². The molecule has 0 amide bonds. The molecule has 0 radical (unpaired) electrons. The van der Waals surface area contributed by atoms with Crippen LogP contribution in [0.15, 0.2) is 30.6 Å². The monoisotopic (exact) mass is 299 g/mol. The molecule has 2 aromatic rings. The summed E-state index contributed by atoms with van der Waals surface area (Å²) < 4.78 is 5.04. The Bertz CT molecular complexity index is 646. The fourth-order valence-electron chi connectivity index (χ4n) is 2.72. The first kappa shape index (κ1) is 14.6. The number of nitrogen functional groups attached to an aromatic ring is 1. The van der Waals surface area contributed by atoms with Crippen LogP contribution in [0.2, 0.25) is 0 Å². The third-order valence-corrected chi connectivity index (χ3v) is 3.82. The zero-order chi connectivity index (χ0) is 15.4. The van der Waals surface area contributed by atoms with Crippen LogP contribution in [0.3, 0.4) is 0 Å². The smallest absolute Gasteiger partial charge is 0.161 e. The molecule has 1 aliphatic rings. The number of methoxy groups -OCH3 is 1. The van der Waals surface area contributed by atoms with Crippen LogP contribution in [-0.2, 0) is 11.2 Å². The van der Waals surface area contributed by atoms with Crippen LogP contribution in [0.25, 0.3) is 0 Å². The van der Waals surface area contributed by atoms with Crippen molar-refractivity contribution in [3.63, 3.8) is 0 Å². The van der Waals surface area contributed by atoms with E-state index in [9.17, 15) is 0 Å². The summed E-state index contributed by atoms with van der Waals surface area (Å²) in [5.41, 5.74) is 9.38. The van der Waals surface area contributed by atoms with Crippen LogP contribution >= 0.6 is 0 Å². The minimum absolute atomic E-state index is 0.594. The van der Waals surface area contributed by atoms with Crippen molar-refractivity contribution in [2.45, 2.75) is 12.8 Å². The van der Waals surface area contributed by atoms with Gasteiger partial charge in [-0.1, -0.05) is 18.2 Å². The summed E-state index contributed by atoms with van der Waals surface area (Å²) in [6.07, 6.45) is 3.48. The molecule has 0 unspecified atom stereocenters. The lowest BCUT2D eigenvalue weighted by Crippen LogP contribution is -2.18. The highest BCUT2D eigenvalue weighted by molar-refractivity contribution is 5.81. The largest absolute Gasteiger partial charge is 0.393 e. The van der Waals surface area contributed by atoms with Crippen molar-refractivity contribution in [2.75, 3.05) is 42.8 Å². The Hall–Kier alpha value is -2.34. The van der Waals surface area contributed by atoms with Gasteiger partial charge in [0.15, 0.2) is 11.6 Å². The van der Waals surface area contributed by atoms with E-state index in [0.29, 0.717) is 18.1 Å². The van der Waals surface area contributed by atoms with Gasteiger partial charge in [-0.05, 0) is 24.5 Å². The minimum atomic E-state index is 0.594. The van der Waals surface area contributed by atoms with Crippen LogP contribution in [0, 0.1) is 0 Å². The number of ether oxygens (including phenoxy) is 1. The van der Waals surface area contributed by atoms with E-state index < -0.39 is 0 Å². The number of fused-ring (bicyclic) bond motifs is 1. The Balaban J connectivity index is 1.80. The molecule has 0 aliphatic carbocycles. The van der Waals surface area contributed by atoms with Gasteiger partial charge in [-0.25, -0.2) is 9.97 Å². The Labute approximate surface area is 130 Å². The molecule has 116 valence electrons. The third-order valence-electron chi connectivity index (χ3n) is 3.82. The highest BCUT2D eigenvalue weighted by atomic mass is 16.5. The third kappa shape index (κ3) is 2.82. The molecule has 6 nitrogen and oxygen atoms in total. The van der Waals surface area contributed by atoms with Crippen molar-refractivity contribution in [2.24, 2.45) is 0 Å². The van der Waals surface area contributed by atoms with Gasteiger partial charge in [-0.2, -0.15) is 0 Å². The maximum atomic E-state index is 6.27. The number of nitrogens with one attached hydrogen (secondary N) is 1. The van der Waals surface area contributed by atoms with Gasteiger partial charge in [-0.3, -0.25) is 0 Å². The zero-order valence-electron chi connectivity index (χ0n) is 12.7. The average molecular weight is 299 g/mol. The van der Waals surface area contributed by atoms with E-state index in [1.165, 1.54) is 11.3 Å². The first-order valence-corrected chi connectivity index (χ1v) is 7.50. The average Bonchev–Trinajstić information content (AvgIpc) is 2.97. The highest BCUT2D eigenvalue weighted by Crippen LogP contribution is 2.37. The maximum absolute atomic E-state index is 6.27. The van der Waals surface area contributed by atoms with Crippen LogP contribution in [-0.4, -0.2) is 36.8 Å². The van der Waals surface area contributed by atoms with Gasteiger partial charge in [0.1, 0.15) is 12.0 Å². The molecule has 0 spiro atoms. The molecule has 6 heteroatoms. The van der Waals surface area contributed by atoms with E-state index in [1.807, 2.05) is 6.07 Å². The molecule has 0 bridgehead atoms. The minimum Gasteiger partial charge on any atom is -0.393 e. The van der Waals surface area contributed by atoms with Crippen molar-refractivity contribution < 1.29 is 4.74 Å². The number of rotatable bonds is 6. The van der Waals surface area contributed by atoms with E-state index in [0.717, 1.165) is 31.7 Å². The van der Waals surface area contributed by atoms with Gasteiger partial charge < -0.3 is 20.7 Å². The molecule has 0 atom stereocenters. The second-order valence-corrected chi connectivity index (χ2v) is 5.26. The fraction of sp³-hybridized carbons (Fsp3) is 0.375. The lowest BCUT2D eigenvalue weighted by Gasteiger charge is -2.21. The zero-order valence-corrected chi connectivity index (χ0v) is 12.7. The standard InChI is InChI=1S/C16H21N5O/c1-22-10-4-8-18-15-14(17)16(20-11-19-15)21-9-7-12-5-2-3-6-13(12)21/h2-3,5-6,11H,4,7-10,17H2,1H3,(H,18,19,20). The topological polar surface area (TPSA) is 76.3 Å². The number of hydrogen-bond donors (Lipinski definition) is 2. The van der Waals surface area contributed by atoms with Crippen molar-refractivity contribution in [3.05, 3.63) is 36.2 Å². The Morgan fingerprint density at radius 3 is 3.05 bits per heavy atom. The lowest BCUT2D eigenvalue weighted by atomic mass is 10.2. The van der Waals surface area contributed by atoms with Crippen LogP contribution < -0.4 is 16.0 Å². The first-order chi connectivity index (χ1) is 10.8. The van der Waals surface area contributed by atoms with Gasteiger partial charge in [0.05, 0.1) is 0 Å². The van der Waals surface area contributed by atoms with Crippen molar-refractivity contribution >= 4 is 23.0 Å². The SMILES string of the molecule is COCCCNc1ncnc(N2CCc3ccccc32)c1N. The second kappa shape index (κ2) is 6.62. The molecule has 1 aromatic carbocycles. The van der Waals surface area contributed by atoms with Gasteiger partial charge in [-0.15, -0.1) is 0 Å². The fourth-order valence-corrected chi connectivity index (χ4v) is 2.72. The van der Waals surface area contributed by atoms with Crippen molar-refractivity contribution in [3.8, 4) is 0 Å². The quantitative estimate of drug-likeness (QED) is 0.796. The Morgan fingerprint density at radius 2 is 2.18 bits per heavy atom. The molecule has 0 saturated heterocycles. The van der Waals surface area contributed by atoms with Gasteiger partial charge in [0.25, 0.3) is 0 Å². The number of nitrogens with two attached hydrogens (primary N) is 1. The summed E-state index contributed by atoms with van der Waals surface area (Å²) in [7, 11) is 1.70. The van der Waals surface area contributed by atoms with Crippen LogP contribution in [0.5, 0.6) is 0 Å². The predicted octanol–water partition coefficient (Wildman–Crippen LogP) is 2.20. The predicted molar refractivity (Wildman–Crippen MR) is 88.6 cm³/mol. The molecule has 3 N–H and O–H groups in total. The number of para-hydroxylation sites is 1. The van der Waals surface area contributed by atoms with E-state index in [1.54, 1.807) is 13.4 Å². The summed E-state index contributed by atoms with van der Waals surface area (Å²) in [6, 6.07) is 8.36. The Kier molecular flexibility index (Phi) is 4.39. The molecule has 1 aromatic heterocycles. The lowest BCUT2D eigenvalue weighted by molar-refractivity contribution is 0.198. The summed E-state index contributed by atoms with van der Waals surface area (Å²) >= 11 is 0.